The van der Waals surface area contributed by atoms with Gasteiger partial charge in [-0.25, -0.2) is 0 Å². The van der Waals surface area contributed by atoms with Gasteiger partial charge in [-0.1, -0.05) is 64.7 Å². The minimum Gasteiger partial charge on any atom is -0.200 e. The number of hydrogen-bond acceptors (Lipinski definition) is 0. The third kappa shape index (κ3) is 7.06. The first-order valence-corrected chi connectivity index (χ1v) is 12.9. The number of unbranched alkanes of at least 4 members (excludes halogenated alkanes) is 9. The Morgan fingerprint density at radius 2 is 0.478 bits per heavy atom. The first-order valence-electron chi connectivity index (χ1n) is 12.9. The minimum atomic E-state index is -9.36. The Kier molecular flexibility index (Phi) is 13.2. The van der Waals surface area contributed by atoms with Crippen molar-refractivity contribution in [2.24, 2.45) is 0 Å². The van der Waals surface area contributed by atoms with Gasteiger partial charge in [0.25, 0.3) is 0 Å². The molecule has 0 rings (SSSR count). The van der Waals surface area contributed by atoms with Crippen LogP contribution < -0.4 is 0 Å². The third-order valence-corrected chi connectivity index (χ3v) is 6.81. The lowest BCUT2D eigenvalue weighted by Gasteiger charge is -2.45. The summed E-state index contributed by atoms with van der Waals surface area (Å²) in [6.45, 7) is 1.90. The number of hydrogen-bond donors (Lipinski definition) is 0. The van der Waals surface area contributed by atoms with Gasteiger partial charge in [0.1, 0.15) is 0 Å². The van der Waals surface area contributed by atoms with E-state index in [0.29, 0.717) is 12.8 Å². The van der Waals surface area contributed by atoms with E-state index in [0.717, 1.165) is 25.7 Å². The summed E-state index contributed by atoms with van der Waals surface area (Å²) in [5.41, 5.74) is 0. The van der Waals surface area contributed by atoms with Crippen molar-refractivity contribution >= 4 is 0 Å². The molecule has 0 nitrogen and oxygen atoms in total. The van der Waals surface area contributed by atoms with Gasteiger partial charge in [-0.15, -0.1) is 0 Å². The lowest BCUT2D eigenvalue weighted by atomic mass is 9.84. The van der Waals surface area contributed by atoms with E-state index in [1.54, 1.807) is 0 Å². The van der Waals surface area contributed by atoms with E-state index >= 15 is 0 Å². The standard InChI is InChI=1S/C23H25F23/c1-2-3-4-5-6-7-8-9-10-11-12-13(24,25)14(26,27)15(28,29)16(30,31)17(32,33)18(34,35)19(36,37)20(38,39)21(40,41)22(42,43)23(44,45)46/h2-12H2,1H3. The van der Waals surface area contributed by atoms with Gasteiger partial charge in [0, 0.05) is 6.42 Å². The zero-order chi connectivity index (χ0) is 37.3. The average molecular weight is 738 g/mol. The van der Waals surface area contributed by atoms with Gasteiger partial charge < -0.3 is 0 Å². The van der Waals surface area contributed by atoms with Crippen LogP contribution in [0.2, 0.25) is 0 Å². The largest absolute Gasteiger partial charge is 0.460 e. The summed E-state index contributed by atoms with van der Waals surface area (Å²) in [5, 5.41) is 0. The van der Waals surface area contributed by atoms with Gasteiger partial charge >= 0.3 is 65.4 Å². The molecule has 0 aliphatic heterocycles. The highest BCUT2D eigenvalue weighted by Gasteiger charge is 2.98. The van der Waals surface area contributed by atoms with E-state index in [4.69, 9.17) is 0 Å². The SMILES string of the molecule is CCCCCCCCCCCCC(F)(F)C(F)(F)C(F)(F)C(F)(F)C(F)(F)C(F)(F)C(F)(F)C(F)(F)C(F)(F)C(F)(F)C(F)(F)F. The van der Waals surface area contributed by atoms with Crippen LogP contribution in [0.5, 0.6) is 0 Å². The van der Waals surface area contributed by atoms with Crippen LogP contribution in [0.15, 0.2) is 0 Å². The van der Waals surface area contributed by atoms with Crippen molar-refractivity contribution < 1.29 is 101 Å². The summed E-state index contributed by atoms with van der Waals surface area (Å²) < 4.78 is 309. The molecule has 0 aliphatic carbocycles. The Bertz CT molecular complexity index is 962. The van der Waals surface area contributed by atoms with E-state index in [1.807, 2.05) is 6.92 Å². The molecule has 0 saturated carbocycles. The molecule has 278 valence electrons. The molecule has 0 heterocycles. The fraction of sp³-hybridized carbons (Fsp3) is 1.00. The molecule has 0 aromatic carbocycles. The van der Waals surface area contributed by atoms with Gasteiger partial charge in [0.15, 0.2) is 0 Å². The van der Waals surface area contributed by atoms with Crippen LogP contribution in [0.3, 0.4) is 0 Å². The second kappa shape index (κ2) is 13.7. The molecule has 0 radical (unpaired) electrons. The van der Waals surface area contributed by atoms with Gasteiger partial charge in [-0.05, 0) is 6.42 Å². The molecule has 0 amide bonds. The quantitative estimate of drug-likeness (QED) is 0.0862. The molecule has 0 atom stereocenters. The van der Waals surface area contributed by atoms with Crippen molar-refractivity contribution in [3.05, 3.63) is 0 Å². The van der Waals surface area contributed by atoms with Crippen LogP contribution in [-0.2, 0) is 0 Å². The zero-order valence-corrected chi connectivity index (χ0v) is 23.0. The van der Waals surface area contributed by atoms with E-state index in [-0.39, 0.29) is 12.8 Å². The van der Waals surface area contributed by atoms with Gasteiger partial charge in [-0.2, -0.15) is 101 Å². The fourth-order valence-corrected chi connectivity index (χ4v) is 3.78. The van der Waals surface area contributed by atoms with Crippen LogP contribution in [0.4, 0.5) is 101 Å². The molecular formula is C23H25F23. The second-order valence-corrected chi connectivity index (χ2v) is 10.3. The van der Waals surface area contributed by atoms with Crippen molar-refractivity contribution in [3.63, 3.8) is 0 Å². The summed E-state index contributed by atoms with van der Waals surface area (Å²) in [6.07, 6.45) is -7.78. The Hall–Kier alpha value is -1.61. The van der Waals surface area contributed by atoms with Crippen molar-refractivity contribution in [2.75, 3.05) is 0 Å². The highest BCUT2D eigenvalue weighted by atomic mass is 19.4. The summed E-state index contributed by atoms with van der Waals surface area (Å²) in [4.78, 5) is 0. The molecule has 0 aliphatic rings. The minimum absolute atomic E-state index is 0.0619. The smallest absolute Gasteiger partial charge is 0.200 e. The van der Waals surface area contributed by atoms with Crippen LogP contribution in [0.25, 0.3) is 0 Å². The predicted octanol–water partition coefficient (Wildman–Crippen LogP) is 12.2. The summed E-state index contributed by atoms with van der Waals surface area (Å²) in [6, 6.07) is 0. The molecule has 0 aromatic heterocycles. The molecule has 0 saturated heterocycles. The van der Waals surface area contributed by atoms with Gasteiger partial charge in [0.05, 0.1) is 0 Å². The molecule has 0 bridgehead atoms. The Morgan fingerprint density at radius 3 is 0.739 bits per heavy atom. The second-order valence-electron chi connectivity index (χ2n) is 10.3. The average Bonchev–Trinajstić information content (AvgIpc) is 2.87. The molecule has 23 heteroatoms. The number of rotatable bonds is 20. The van der Waals surface area contributed by atoms with E-state index in [9.17, 15) is 101 Å². The summed E-state index contributed by atoms with van der Waals surface area (Å²) in [5.74, 6) is -86.9. The van der Waals surface area contributed by atoms with Crippen LogP contribution in [-0.4, -0.2) is 65.4 Å². The topological polar surface area (TPSA) is 0 Å². The predicted molar refractivity (Wildman–Crippen MR) is 112 cm³/mol. The van der Waals surface area contributed by atoms with E-state index < -0.39 is 84.7 Å². The van der Waals surface area contributed by atoms with E-state index in [2.05, 4.69) is 0 Å². The van der Waals surface area contributed by atoms with Crippen molar-refractivity contribution in [2.45, 2.75) is 143 Å². The Balaban J connectivity index is 6.30. The summed E-state index contributed by atoms with van der Waals surface area (Å²) in [7, 11) is 0. The van der Waals surface area contributed by atoms with Crippen LogP contribution >= 0.6 is 0 Å². The first kappa shape index (κ1) is 44.4. The molecular weight excluding hydrogens is 713 g/mol. The van der Waals surface area contributed by atoms with Gasteiger partial charge in [-0.3, -0.25) is 0 Å². The molecule has 0 unspecified atom stereocenters. The Labute approximate surface area is 245 Å². The maximum Gasteiger partial charge on any atom is 0.460 e. The normalized spacial score (nSPS) is 15.9. The fourth-order valence-electron chi connectivity index (χ4n) is 3.78. The van der Waals surface area contributed by atoms with Crippen LogP contribution in [0.1, 0.15) is 77.6 Å². The molecule has 0 fully saturated rings. The van der Waals surface area contributed by atoms with E-state index in [1.165, 1.54) is 0 Å². The van der Waals surface area contributed by atoms with Crippen molar-refractivity contribution in [3.8, 4) is 0 Å². The molecule has 46 heavy (non-hydrogen) atoms. The maximum atomic E-state index is 13.9. The first-order chi connectivity index (χ1) is 20.1. The highest BCUT2D eigenvalue weighted by molar-refractivity contribution is 5.18. The Morgan fingerprint density at radius 1 is 0.261 bits per heavy atom. The van der Waals surface area contributed by atoms with Gasteiger partial charge in [0.2, 0.25) is 0 Å². The van der Waals surface area contributed by atoms with Crippen molar-refractivity contribution in [1.82, 2.24) is 0 Å². The lowest BCUT2D eigenvalue weighted by molar-refractivity contribution is -0.478. The number of alkyl halides is 23. The summed E-state index contributed by atoms with van der Waals surface area (Å²) >= 11 is 0. The van der Waals surface area contributed by atoms with Crippen molar-refractivity contribution in [1.29, 1.82) is 0 Å². The van der Waals surface area contributed by atoms with Crippen LogP contribution in [0, 0.1) is 0 Å². The molecule has 0 aromatic rings. The number of halogens is 23. The maximum absolute atomic E-state index is 13.9. The highest BCUT2D eigenvalue weighted by Crippen LogP contribution is 2.67. The third-order valence-electron chi connectivity index (χ3n) is 6.81. The lowest BCUT2D eigenvalue weighted by Crippen LogP contribution is -2.77. The monoisotopic (exact) mass is 738 g/mol. The zero-order valence-electron chi connectivity index (χ0n) is 23.0. The molecule has 0 spiro atoms. The molecule has 0 N–H and O–H groups in total.